The number of halogens is 4. The Labute approximate surface area is 188 Å². The molecule has 2 fully saturated rings. The molecule has 2 atom stereocenters. The molecule has 2 aromatic carbocycles. The number of anilines is 1. The van der Waals surface area contributed by atoms with E-state index in [4.69, 9.17) is 4.74 Å². The van der Waals surface area contributed by atoms with Crippen molar-refractivity contribution in [1.29, 1.82) is 0 Å². The van der Waals surface area contributed by atoms with E-state index < -0.39 is 41.5 Å². The van der Waals surface area contributed by atoms with Crippen LogP contribution in [0, 0.1) is 5.82 Å². The number of nitrogens with zero attached hydrogens (tertiary/aromatic N) is 2. The normalized spacial score (nSPS) is 21.8. The Balaban J connectivity index is 1.40. The van der Waals surface area contributed by atoms with Gasteiger partial charge in [0.15, 0.2) is 0 Å². The number of rotatable bonds is 3. The summed E-state index contributed by atoms with van der Waals surface area (Å²) < 4.78 is 59.2. The van der Waals surface area contributed by atoms with Crippen molar-refractivity contribution in [3.63, 3.8) is 0 Å². The molecule has 2 saturated heterocycles. The summed E-state index contributed by atoms with van der Waals surface area (Å²) >= 11 is 0. The molecule has 176 valence electrons. The number of carbonyl (C=O) groups excluding carboxylic acids is 2. The zero-order chi connectivity index (χ0) is 23.8. The Morgan fingerprint density at radius 3 is 2.36 bits per heavy atom. The number of carbonyl (C=O) groups is 2. The molecule has 6 nitrogen and oxygen atoms in total. The van der Waals surface area contributed by atoms with Crippen molar-refractivity contribution in [2.45, 2.75) is 44.1 Å². The minimum absolute atomic E-state index is 0.176. The quantitative estimate of drug-likeness (QED) is 0.616. The van der Waals surface area contributed by atoms with Gasteiger partial charge >= 0.3 is 18.3 Å². The fourth-order valence-electron chi connectivity index (χ4n) is 4.47. The molecule has 2 aliphatic rings. The molecule has 0 spiro atoms. The molecule has 1 N–H and O–H groups in total. The molecule has 10 heteroatoms. The standard InChI is InChI=1S/C23H23F4N3O3/c1-14-20(15-6-3-2-4-7-15)33-22(32)30(14)16-10-12-29(13-11-16)21(31)28-19-17(23(25,26)27)8-5-9-18(19)24/h2-9,14,16,20H,10-13H2,1H3,(H,28,31). The van der Waals surface area contributed by atoms with Crippen molar-refractivity contribution in [3.8, 4) is 0 Å². The highest BCUT2D eigenvalue weighted by Gasteiger charge is 2.44. The second-order valence-corrected chi connectivity index (χ2v) is 8.17. The third-order valence-corrected chi connectivity index (χ3v) is 6.14. The second kappa shape index (κ2) is 8.92. The average molecular weight is 465 g/mol. The summed E-state index contributed by atoms with van der Waals surface area (Å²) in [6, 6.07) is 10.7. The maximum Gasteiger partial charge on any atom is 0.418 e. The van der Waals surface area contributed by atoms with E-state index >= 15 is 0 Å². The van der Waals surface area contributed by atoms with E-state index in [1.54, 1.807) is 4.90 Å². The molecule has 0 aromatic heterocycles. The zero-order valence-electron chi connectivity index (χ0n) is 17.8. The largest absolute Gasteiger partial charge is 0.439 e. The van der Waals surface area contributed by atoms with Crippen LogP contribution in [-0.2, 0) is 10.9 Å². The Bertz CT molecular complexity index is 1020. The first-order valence-electron chi connectivity index (χ1n) is 10.6. The van der Waals surface area contributed by atoms with Crippen LogP contribution in [-0.4, -0.2) is 47.1 Å². The van der Waals surface area contributed by atoms with Gasteiger partial charge in [-0.15, -0.1) is 0 Å². The van der Waals surface area contributed by atoms with Gasteiger partial charge in [-0.3, -0.25) is 4.90 Å². The van der Waals surface area contributed by atoms with Crippen molar-refractivity contribution < 1.29 is 31.9 Å². The summed E-state index contributed by atoms with van der Waals surface area (Å²) in [7, 11) is 0. The lowest BCUT2D eigenvalue weighted by Gasteiger charge is -2.37. The van der Waals surface area contributed by atoms with Crippen LogP contribution in [0.4, 0.5) is 32.8 Å². The molecule has 2 aliphatic heterocycles. The summed E-state index contributed by atoms with van der Waals surface area (Å²) in [5, 5.41) is 2.07. The van der Waals surface area contributed by atoms with Gasteiger partial charge in [0.25, 0.3) is 0 Å². The molecular formula is C23H23F4N3O3. The number of alkyl halides is 3. The van der Waals surface area contributed by atoms with Gasteiger partial charge in [-0.2, -0.15) is 13.2 Å². The number of piperidine rings is 1. The van der Waals surface area contributed by atoms with Gasteiger partial charge in [-0.05, 0) is 37.5 Å². The number of para-hydroxylation sites is 1. The fourth-order valence-corrected chi connectivity index (χ4v) is 4.47. The summed E-state index contributed by atoms with van der Waals surface area (Å²) in [4.78, 5) is 28.1. The number of likely N-dealkylation sites (tertiary alicyclic amines) is 1. The summed E-state index contributed by atoms with van der Waals surface area (Å²) in [6.45, 7) is 2.32. The van der Waals surface area contributed by atoms with Crippen LogP contribution >= 0.6 is 0 Å². The van der Waals surface area contributed by atoms with E-state index in [2.05, 4.69) is 5.32 Å². The fraction of sp³-hybridized carbons (Fsp3) is 0.391. The molecule has 0 bridgehead atoms. The monoisotopic (exact) mass is 465 g/mol. The molecular weight excluding hydrogens is 442 g/mol. The predicted octanol–water partition coefficient (Wildman–Crippen LogP) is 5.42. The van der Waals surface area contributed by atoms with Crippen molar-refractivity contribution in [2.75, 3.05) is 18.4 Å². The average Bonchev–Trinajstić information content (AvgIpc) is 3.09. The Kier molecular flexibility index (Phi) is 6.18. The van der Waals surface area contributed by atoms with Crippen LogP contribution in [0.25, 0.3) is 0 Å². The number of cyclic esters (lactones) is 1. The van der Waals surface area contributed by atoms with E-state index in [1.165, 1.54) is 4.90 Å². The molecule has 0 aliphatic carbocycles. The van der Waals surface area contributed by atoms with Crippen LogP contribution in [0.5, 0.6) is 0 Å². The van der Waals surface area contributed by atoms with Crippen molar-refractivity contribution in [1.82, 2.24) is 9.80 Å². The van der Waals surface area contributed by atoms with Crippen molar-refractivity contribution in [2.24, 2.45) is 0 Å². The number of hydrogen-bond donors (Lipinski definition) is 1. The van der Waals surface area contributed by atoms with Crippen LogP contribution in [0.3, 0.4) is 0 Å². The van der Waals surface area contributed by atoms with E-state index in [0.29, 0.717) is 18.9 Å². The van der Waals surface area contributed by atoms with Crippen LogP contribution in [0.2, 0.25) is 0 Å². The number of hydrogen-bond acceptors (Lipinski definition) is 3. The molecule has 2 unspecified atom stereocenters. The van der Waals surface area contributed by atoms with Crippen molar-refractivity contribution >= 4 is 17.8 Å². The minimum atomic E-state index is -4.81. The lowest BCUT2D eigenvalue weighted by molar-refractivity contribution is -0.137. The summed E-state index contributed by atoms with van der Waals surface area (Å²) in [5.41, 5.74) is -1.24. The molecule has 0 saturated carbocycles. The van der Waals surface area contributed by atoms with E-state index in [9.17, 15) is 27.2 Å². The van der Waals surface area contributed by atoms with Crippen LogP contribution in [0.1, 0.15) is 37.0 Å². The number of amides is 3. The molecule has 2 heterocycles. The topological polar surface area (TPSA) is 61.9 Å². The summed E-state index contributed by atoms with van der Waals surface area (Å²) in [5.74, 6) is -1.16. The molecule has 33 heavy (non-hydrogen) atoms. The highest BCUT2D eigenvalue weighted by molar-refractivity contribution is 5.90. The van der Waals surface area contributed by atoms with Gasteiger partial charge in [0.2, 0.25) is 0 Å². The van der Waals surface area contributed by atoms with E-state index in [1.807, 2.05) is 37.3 Å². The maximum atomic E-state index is 14.0. The van der Waals surface area contributed by atoms with Gasteiger partial charge in [0.1, 0.15) is 11.9 Å². The second-order valence-electron chi connectivity index (χ2n) is 8.17. The number of ether oxygens (including phenoxy) is 1. The number of nitrogens with one attached hydrogen (secondary N) is 1. The van der Waals surface area contributed by atoms with E-state index in [-0.39, 0.29) is 25.2 Å². The molecule has 2 aromatic rings. The molecule has 4 rings (SSSR count). The zero-order valence-corrected chi connectivity index (χ0v) is 17.8. The van der Waals surface area contributed by atoms with Gasteiger partial charge in [-0.1, -0.05) is 36.4 Å². The first-order chi connectivity index (χ1) is 15.7. The van der Waals surface area contributed by atoms with Gasteiger partial charge in [-0.25, -0.2) is 14.0 Å². The first kappa shape index (κ1) is 22.9. The smallest absolute Gasteiger partial charge is 0.418 e. The highest BCUT2D eigenvalue weighted by atomic mass is 19.4. The highest BCUT2D eigenvalue weighted by Crippen LogP contribution is 2.37. The Hall–Kier alpha value is -3.30. The predicted molar refractivity (Wildman–Crippen MR) is 112 cm³/mol. The lowest BCUT2D eigenvalue weighted by atomic mass is 9.98. The summed E-state index contributed by atoms with van der Waals surface area (Å²) in [6.07, 6.45) is -4.78. The van der Waals surface area contributed by atoms with E-state index in [0.717, 1.165) is 17.7 Å². The Morgan fingerprint density at radius 2 is 1.73 bits per heavy atom. The molecule has 0 radical (unpaired) electrons. The minimum Gasteiger partial charge on any atom is -0.439 e. The van der Waals surface area contributed by atoms with Gasteiger partial charge in [0, 0.05) is 19.1 Å². The Morgan fingerprint density at radius 1 is 1.06 bits per heavy atom. The third kappa shape index (κ3) is 4.60. The van der Waals surface area contributed by atoms with Crippen LogP contribution < -0.4 is 5.32 Å². The molecule has 3 amide bonds. The van der Waals surface area contributed by atoms with Crippen molar-refractivity contribution in [3.05, 3.63) is 65.5 Å². The first-order valence-corrected chi connectivity index (χ1v) is 10.6. The number of urea groups is 1. The van der Waals surface area contributed by atoms with Gasteiger partial charge < -0.3 is 15.0 Å². The van der Waals surface area contributed by atoms with Gasteiger partial charge in [0.05, 0.1) is 17.3 Å². The lowest BCUT2D eigenvalue weighted by Crippen LogP contribution is -2.50. The maximum absolute atomic E-state index is 14.0. The van der Waals surface area contributed by atoms with Crippen LogP contribution in [0.15, 0.2) is 48.5 Å². The number of benzene rings is 2. The SMILES string of the molecule is CC1C(c2ccccc2)OC(=O)N1C1CCN(C(=O)Nc2c(F)cccc2C(F)(F)F)CC1. The third-order valence-electron chi connectivity index (χ3n) is 6.14.